The predicted octanol–water partition coefficient (Wildman–Crippen LogP) is 4.16. The Morgan fingerprint density at radius 3 is 2.89 bits per heavy atom. The first-order valence-corrected chi connectivity index (χ1v) is 6.83. The summed E-state index contributed by atoms with van der Waals surface area (Å²) in [7, 11) is 0. The monoisotopic (exact) mass is 305 g/mol. The number of ether oxygens (including phenoxy) is 1. The number of nitrogens with zero attached hydrogens (tertiary/aromatic N) is 1. The summed E-state index contributed by atoms with van der Waals surface area (Å²) in [6.45, 7) is 2.79. The molecule has 0 N–H and O–H groups in total. The van der Waals surface area contributed by atoms with Crippen LogP contribution in [0.4, 0.5) is 0 Å². The van der Waals surface area contributed by atoms with Gasteiger partial charge in [-0.05, 0) is 65.0 Å². The van der Waals surface area contributed by atoms with Crippen LogP contribution in [0.3, 0.4) is 0 Å². The summed E-state index contributed by atoms with van der Waals surface area (Å²) >= 11 is 3.51. The lowest BCUT2D eigenvalue weighted by Crippen LogP contribution is -2.00. The molecule has 0 amide bonds. The van der Waals surface area contributed by atoms with E-state index in [0.717, 1.165) is 29.7 Å². The molecule has 0 aliphatic heterocycles. The van der Waals surface area contributed by atoms with Crippen molar-refractivity contribution in [1.29, 1.82) is 0 Å². The Kier molecular flexibility index (Phi) is 4.76. The van der Waals surface area contributed by atoms with Crippen molar-refractivity contribution >= 4 is 15.9 Å². The molecule has 2 rings (SSSR count). The number of rotatable bonds is 5. The van der Waals surface area contributed by atoms with Gasteiger partial charge in [0.05, 0.1) is 11.1 Å². The second-order valence-corrected chi connectivity index (χ2v) is 5.10. The van der Waals surface area contributed by atoms with Gasteiger partial charge in [-0.25, -0.2) is 0 Å². The maximum absolute atomic E-state index is 5.75. The van der Waals surface area contributed by atoms with Crippen LogP contribution in [0.15, 0.2) is 47.2 Å². The smallest absolute Gasteiger partial charge is 0.133 e. The van der Waals surface area contributed by atoms with E-state index in [1.165, 1.54) is 11.1 Å². The molecule has 0 spiro atoms. The summed E-state index contributed by atoms with van der Waals surface area (Å²) in [4.78, 5) is 4.10. The molecule has 2 nitrogen and oxygen atoms in total. The molecule has 1 aromatic carbocycles. The molecule has 0 aliphatic carbocycles. The van der Waals surface area contributed by atoms with Gasteiger partial charge in [0.2, 0.25) is 0 Å². The van der Waals surface area contributed by atoms with Gasteiger partial charge in [-0.2, -0.15) is 0 Å². The maximum Gasteiger partial charge on any atom is 0.133 e. The molecule has 0 atom stereocenters. The Morgan fingerprint density at radius 1 is 1.28 bits per heavy atom. The van der Waals surface area contributed by atoms with E-state index in [4.69, 9.17) is 4.74 Å². The molecular formula is C15H16BrNO. The Morgan fingerprint density at radius 2 is 2.17 bits per heavy atom. The first-order chi connectivity index (χ1) is 8.75. The minimum absolute atomic E-state index is 0.719. The molecule has 0 fully saturated rings. The van der Waals surface area contributed by atoms with Crippen LogP contribution in [-0.2, 0) is 6.42 Å². The Hall–Kier alpha value is -1.35. The predicted molar refractivity (Wildman–Crippen MR) is 76.9 cm³/mol. The van der Waals surface area contributed by atoms with E-state index in [-0.39, 0.29) is 0 Å². The molecule has 94 valence electrons. The molecule has 18 heavy (non-hydrogen) atoms. The van der Waals surface area contributed by atoms with Crippen molar-refractivity contribution in [3.05, 3.63) is 58.3 Å². The number of halogens is 1. The lowest BCUT2D eigenvalue weighted by atomic mass is 10.2. The molecule has 1 aromatic heterocycles. The molecule has 3 heteroatoms. The number of hydrogen-bond donors (Lipinski definition) is 0. The molecule has 0 saturated carbocycles. The average molecular weight is 306 g/mol. The zero-order chi connectivity index (χ0) is 12.8. The number of pyridine rings is 1. The van der Waals surface area contributed by atoms with Crippen LogP contribution in [0.25, 0.3) is 0 Å². The quantitative estimate of drug-likeness (QED) is 0.774. The van der Waals surface area contributed by atoms with Crippen LogP contribution in [0, 0.1) is 6.92 Å². The van der Waals surface area contributed by atoms with Crippen LogP contribution in [0.2, 0.25) is 0 Å². The second kappa shape index (κ2) is 6.55. The average Bonchev–Trinajstić information content (AvgIpc) is 2.38. The summed E-state index contributed by atoms with van der Waals surface area (Å²) in [5.41, 5.74) is 2.48. The molecule has 0 saturated heterocycles. The highest BCUT2D eigenvalue weighted by molar-refractivity contribution is 9.10. The Bertz CT molecular complexity index is 499. The summed E-state index contributed by atoms with van der Waals surface area (Å²) in [6.07, 6.45) is 5.69. The van der Waals surface area contributed by atoms with Gasteiger partial charge < -0.3 is 4.74 Å². The fraction of sp³-hybridized carbons (Fsp3) is 0.267. The van der Waals surface area contributed by atoms with Crippen molar-refractivity contribution in [2.24, 2.45) is 0 Å². The molecular weight excluding hydrogens is 290 g/mol. The SMILES string of the molecule is Cc1ccc(OCCCc2cccnc2)c(Br)c1. The summed E-state index contributed by atoms with van der Waals surface area (Å²) < 4.78 is 6.76. The van der Waals surface area contributed by atoms with Crippen molar-refractivity contribution in [3.8, 4) is 5.75 Å². The van der Waals surface area contributed by atoms with Crippen molar-refractivity contribution in [2.75, 3.05) is 6.61 Å². The van der Waals surface area contributed by atoms with Gasteiger partial charge in [-0.3, -0.25) is 4.98 Å². The number of hydrogen-bond acceptors (Lipinski definition) is 2. The standard InChI is InChI=1S/C15H16BrNO/c1-12-6-7-15(14(16)10-12)18-9-3-5-13-4-2-8-17-11-13/h2,4,6-8,10-11H,3,5,9H2,1H3. The van der Waals surface area contributed by atoms with E-state index in [2.05, 4.69) is 46.0 Å². The molecule has 0 unspecified atom stereocenters. The summed E-state index contributed by atoms with van der Waals surface area (Å²) in [6, 6.07) is 10.2. The van der Waals surface area contributed by atoms with E-state index >= 15 is 0 Å². The second-order valence-electron chi connectivity index (χ2n) is 4.25. The fourth-order valence-electron chi connectivity index (χ4n) is 1.73. The number of aryl methyl sites for hydroxylation is 2. The van der Waals surface area contributed by atoms with Gasteiger partial charge in [-0.15, -0.1) is 0 Å². The minimum Gasteiger partial charge on any atom is -0.492 e. The molecule has 2 aromatic rings. The van der Waals surface area contributed by atoms with E-state index in [1.807, 2.05) is 18.3 Å². The van der Waals surface area contributed by atoms with Crippen LogP contribution in [0.5, 0.6) is 5.75 Å². The van der Waals surface area contributed by atoms with E-state index in [1.54, 1.807) is 6.20 Å². The van der Waals surface area contributed by atoms with Gasteiger partial charge >= 0.3 is 0 Å². The largest absolute Gasteiger partial charge is 0.492 e. The first-order valence-electron chi connectivity index (χ1n) is 6.03. The summed E-state index contributed by atoms with van der Waals surface area (Å²) in [5.74, 6) is 0.909. The van der Waals surface area contributed by atoms with Crippen LogP contribution in [-0.4, -0.2) is 11.6 Å². The third kappa shape index (κ3) is 3.84. The molecule has 0 bridgehead atoms. The Balaban J connectivity index is 1.79. The van der Waals surface area contributed by atoms with E-state index in [0.29, 0.717) is 0 Å². The highest BCUT2D eigenvalue weighted by atomic mass is 79.9. The molecule has 0 aliphatic rings. The van der Waals surface area contributed by atoms with Crippen LogP contribution < -0.4 is 4.74 Å². The lowest BCUT2D eigenvalue weighted by molar-refractivity contribution is 0.309. The van der Waals surface area contributed by atoms with Gasteiger partial charge in [0.15, 0.2) is 0 Å². The third-order valence-corrected chi connectivity index (χ3v) is 3.30. The molecule has 0 radical (unpaired) electrons. The normalized spacial score (nSPS) is 10.3. The van der Waals surface area contributed by atoms with Crippen LogP contribution in [0.1, 0.15) is 17.5 Å². The molecule has 1 heterocycles. The van der Waals surface area contributed by atoms with Crippen LogP contribution >= 0.6 is 15.9 Å². The number of aromatic nitrogens is 1. The zero-order valence-corrected chi connectivity index (χ0v) is 12.0. The van der Waals surface area contributed by atoms with Crippen molar-refractivity contribution < 1.29 is 4.74 Å². The third-order valence-electron chi connectivity index (χ3n) is 2.68. The van der Waals surface area contributed by atoms with E-state index in [9.17, 15) is 0 Å². The van der Waals surface area contributed by atoms with Gasteiger partial charge in [0.25, 0.3) is 0 Å². The van der Waals surface area contributed by atoms with Gasteiger partial charge in [-0.1, -0.05) is 12.1 Å². The van der Waals surface area contributed by atoms with E-state index < -0.39 is 0 Å². The lowest BCUT2D eigenvalue weighted by Gasteiger charge is -2.08. The maximum atomic E-state index is 5.75. The number of benzene rings is 1. The topological polar surface area (TPSA) is 22.1 Å². The summed E-state index contributed by atoms with van der Waals surface area (Å²) in [5, 5.41) is 0. The highest BCUT2D eigenvalue weighted by Gasteiger charge is 2.01. The van der Waals surface area contributed by atoms with Crippen molar-refractivity contribution in [1.82, 2.24) is 4.98 Å². The van der Waals surface area contributed by atoms with Crippen molar-refractivity contribution in [3.63, 3.8) is 0 Å². The Labute approximate surface area is 116 Å². The minimum atomic E-state index is 0.719. The highest BCUT2D eigenvalue weighted by Crippen LogP contribution is 2.25. The first kappa shape index (κ1) is 13.1. The zero-order valence-electron chi connectivity index (χ0n) is 10.4. The van der Waals surface area contributed by atoms with Gasteiger partial charge in [0.1, 0.15) is 5.75 Å². The van der Waals surface area contributed by atoms with Crippen molar-refractivity contribution in [2.45, 2.75) is 19.8 Å². The fourth-order valence-corrected chi connectivity index (χ4v) is 2.34. The van der Waals surface area contributed by atoms with Gasteiger partial charge in [0, 0.05) is 12.4 Å².